The molecule has 1 fully saturated rings. The van der Waals surface area contributed by atoms with Gasteiger partial charge in [-0.3, -0.25) is 4.79 Å². The highest BCUT2D eigenvalue weighted by Crippen LogP contribution is 2.17. The molecule has 2 aromatic rings. The average molecular weight is 366 g/mol. The van der Waals surface area contributed by atoms with Crippen molar-refractivity contribution in [1.29, 1.82) is 0 Å². The van der Waals surface area contributed by atoms with Crippen LogP contribution in [0.4, 0.5) is 0 Å². The molecule has 0 atom stereocenters. The topological polar surface area (TPSA) is 81.1 Å². The zero-order chi connectivity index (χ0) is 16.8. The van der Waals surface area contributed by atoms with Crippen molar-refractivity contribution in [3.8, 4) is 0 Å². The van der Waals surface area contributed by atoms with E-state index in [2.05, 4.69) is 20.9 Å². The van der Waals surface area contributed by atoms with E-state index in [1.54, 1.807) is 13.3 Å². The van der Waals surface area contributed by atoms with E-state index in [-0.39, 0.29) is 18.3 Å². The maximum atomic E-state index is 12.3. The van der Waals surface area contributed by atoms with Gasteiger partial charge in [-0.25, -0.2) is 4.68 Å². The lowest BCUT2D eigenvalue weighted by Gasteiger charge is -2.22. The van der Waals surface area contributed by atoms with E-state index in [4.69, 9.17) is 4.74 Å². The Balaban J connectivity index is 0.00000225. The van der Waals surface area contributed by atoms with Crippen LogP contribution in [0.2, 0.25) is 0 Å². The zero-order valence-corrected chi connectivity index (χ0v) is 15.1. The Morgan fingerprint density at radius 2 is 2.04 bits per heavy atom. The van der Waals surface area contributed by atoms with Gasteiger partial charge in [0.2, 0.25) is 0 Å². The molecule has 1 aromatic carbocycles. The minimum Gasteiger partial charge on any atom is -0.380 e. The standard InChI is InChI=1S/C17H23N5O2.ClH/c1-24-12-14-5-3-2-4-13(14)10-19-17(23)16-11-22(21-20-16)15-6-8-18-9-7-15;/h2-5,11,15,18H,6-10,12H2,1H3,(H,19,23);1H. The SMILES string of the molecule is COCc1ccccc1CNC(=O)c1cn(C2CCNCC2)nn1.Cl. The number of rotatable bonds is 6. The molecule has 0 unspecified atom stereocenters. The van der Waals surface area contributed by atoms with E-state index in [9.17, 15) is 4.79 Å². The summed E-state index contributed by atoms with van der Waals surface area (Å²) in [4.78, 5) is 12.3. The van der Waals surface area contributed by atoms with Crippen molar-refractivity contribution in [2.75, 3.05) is 20.2 Å². The number of ether oxygens (including phenoxy) is 1. The highest BCUT2D eigenvalue weighted by atomic mass is 35.5. The average Bonchev–Trinajstić information content (AvgIpc) is 3.12. The number of hydrogen-bond donors (Lipinski definition) is 2. The van der Waals surface area contributed by atoms with Gasteiger partial charge in [-0.2, -0.15) is 0 Å². The minimum atomic E-state index is -0.206. The number of carbonyl (C=O) groups is 1. The molecule has 1 aromatic heterocycles. The quantitative estimate of drug-likeness (QED) is 0.814. The number of halogens is 1. The van der Waals surface area contributed by atoms with Crippen LogP contribution in [0.1, 0.15) is 40.5 Å². The molecule has 0 saturated carbocycles. The van der Waals surface area contributed by atoms with E-state index in [1.165, 1.54) is 0 Å². The van der Waals surface area contributed by atoms with Crippen molar-refractivity contribution in [3.63, 3.8) is 0 Å². The fourth-order valence-corrected chi connectivity index (χ4v) is 2.92. The first-order chi connectivity index (χ1) is 11.8. The molecular formula is C17H24ClN5O2. The molecule has 25 heavy (non-hydrogen) atoms. The third-order valence-corrected chi connectivity index (χ3v) is 4.28. The summed E-state index contributed by atoms with van der Waals surface area (Å²) in [5, 5.41) is 14.4. The van der Waals surface area contributed by atoms with Gasteiger partial charge in [0, 0.05) is 13.7 Å². The van der Waals surface area contributed by atoms with Crippen molar-refractivity contribution in [1.82, 2.24) is 25.6 Å². The first-order valence-corrected chi connectivity index (χ1v) is 8.24. The fourth-order valence-electron chi connectivity index (χ4n) is 2.92. The van der Waals surface area contributed by atoms with Crippen molar-refractivity contribution in [2.45, 2.75) is 32.0 Å². The first-order valence-electron chi connectivity index (χ1n) is 8.24. The largest absolute Gasteiger partial charge is 0.380 e. The molecular weight excluding hydrogens is 342 g/mol. The molecule has 0 bridgehead atoms. The van der Waals surface area contributed by atoms with Gasteiger partial charge >= 0.3 is 0 Å². The Morgan fingerprint density at radius 1 is 1.32 bits per heavy atom. The molecule has 3 rings (SSSR count). The molecule has 2 heterocycles. The zero-order valence-electron chi connectivity index (χ0n) is 14.3. The summed E-state index contributed by atoms with van der Waals surface area (Å²) in [6.45, 7) is 2.92. The van der Waals surface area contributed by atoms with E-state index in [0.717, 1.165) is 37.1 Å². The van der Waals surface area contributed by atoms with Gasteiger partial charge < -0.3 is 15.4 Å². The lowest BCUT2D eigenvalue weighted by Crippen LogP contribution is -2.29. The Labute approximate surface area is 153 Å². The molecule has 0 radical (unpaired) electrons. The smallest absolute Gasteiger partial charge is 0.273 e. The summed E-state index contributed by atoms with van der Waals surface area (Å²) < 4.78 is 7.00. The molecule has 1 aliphatic heterocycles. The molecule has 1 amide bonds. The highest BCUT2D eigenvalue weighted by Gasteiger charge is 2.18. The van der Waals surface area contributed by atoms with Gasteiger partial charge in [0.05, 0.1) is 18.8 Å². The summed E-state index contributed by atoms with van der Waals surface area (Å²) in [5.74, 6) is -0.206. The second-order valence-electron chi connectivity index (χ2n) is 5.95. The summed E-state index contributed by atoms with van der Waals surface area (Å²) in [6, 6.07) is 8.22. The lowest BCUT2D eigenvalue weighted by molar-refractivity contribution is 0.0945. The van der Waals surface area contributed by atoms with E-state index in [0.29, 0.717) is 24.9 Å². The number of amides is 1. The number of piperidine rings is 1. The molecule has 1 saturated heterocycles. The maximum absolute atomic E-state index is 12.3. The molecule has 8 heteroatoms. The first kappa shape index (κ1) is 19.4. The van der Waals surface area contributed by atoms with Crippen LogP contribution in [0, 0.1) is 0 Å². The third-order valence-electron chi connectivity index (χ3n) is 4.28. The molecule has 0 spiro atoms. The number of methoxy groups -OCH3 is 1. The van der Waals surface area contributed by atoms with E-state index in [1.807, 2.05) is 28.9 Å². The Bertz CT molecular complexity index is 685. The van der Waals surface area contributed by atoms with Gasteiger partial charge in [0.25, 0.3) is 5.91 Å². The van der Waals surface area contributed by atoms with Gasteiger partial charge in [0.1, 0.15) is 0 Å². The molecule has 2 N–H and O–H groups in total. The van der Waals surface area contributed by atoms with Crippen LogP contribution in [0.3, 0.4) is 0 Å². The van der Waals surface area contributed by atoms with Gasteiger partial charge in [-0.15, -0.1) is 17.5 Å². The lowest BCUT2D eigenvalue weighted by atomic mass is 10.1. The molecule has 1 aliphatic rings. The predicted molar refractivity (Wildman–Crippen MR) is 96.7 cm³/mol. The number of aromatic nitrogens is 3. The summed E-state index contributed by atoms with van der Waals surface area (Å²) in [7, 11) is 1.66. The third kappa shape index (κ3) is 5.01. The van der Waals surface area contributed by atoms with Crippen LogP contribution in [-0.4, -0.2) is 41.1 Å². The molecule has 136 valence electrons. The van der Waals surface area contributed by atoms with Gasteiger partial charge in [-0.05, 0) is 37.1 Å². The van der Waals surface area contributed by atoms with Gasteiger partial charge in [-0.1, -0.05) is 29.5 Å². The Kier molecular flexibility index (Phi) is 7.36. The van der Waals surface area contributed by atoms with E-state index >= 15 is 0 Å². The number of carbonyl (C=O) groups excluding carboxylic acids is 1. The summed E-state index contributed by atoms with van der Waals surface area (Å²) in [5.41, 5.74) is 2.47. The molecule has 7 nitrogen and oxygen atoms in total. The molecule has 0 aliphatic carbocycles. The van der Waals surface area contributed by atoms with Crippen LogP contribution in [-0.2, 0) is 17.9 Å². The monoisotopic (exact) mass is 365 g/mol. The van der Waals surface area contributed by atoms with Crippen molar-refractivity contribution in [3.05, 3.63) is 47.3 Å². The van der Waals surface area contributed by atoms with Crippen LogP contribution in [0.15, 0.2) is 30.5 Å². The van der Waals surface area contributed by atoms with Crippen LogP contribution in [0.5, 0.6) is 0 Å². The second-order valence-corrected chi connectivity index (χ2v) is 5.95. The van der Waals surface area contributed by atoms with Crippen LogP contribution >= 0.6 is 12.4 Å². The Hall–Kier alpha value is -1.96. The number of nitrogens with one attached hydrogen (secondary N) is 2. The summed E-state index contributed by atoms with van der Waals surface area (Å²) >= 11 is 0. The van der Waals surface area contributed by atoms with E-state index < -0.39 is 0 Å². The number of benzene rings is 1. The maximum Gasteiger partial charge on any atom is 0.273 e. The normalized spacial score (nSPS) is 14.8. The number of nitrogens with zero attached hydrogens (tertiary/aromatic N) is 3. The highest BCUT2D eigenvalue weighted by molar-refractivity contribution is 5.91. The second kappa shape index (κ2) is 9.50. The predicted octanol–water partition coefficient (Wildman–Crippen LogP) is 1.70. The minimum absolute atomic E-state index is 0. The van der Waals surface area contributed by atoms with Crippen LogP contribution < -0.4 is 10.6 Å². The Morgan fingerprint density at radius 3 is 2.76 bits per heavy atom. The van der Waals surface area contributed by atoms with Crippen molar-refractivity contribution < 1.29 is 9.53 Å². The van der Waals surface area contributed by atoms with Crippen molar-refractivity contribution >= 4 is 18.3 Å². The van der Waals surface area contributed by atoms with Crippen LogP contribution in [0.25, 0.3) is 0 Å². The van der Waals surface area contributed by atoms with Gasteiger partial charge in [0.15, 0.2) is 5.69 Å². The fraction of sp³-hybridized carbons (Fsp3) is 0.471. The number of hydrogen-bond acceptors (Lipinski definition) is 5. The van der Waals surface area contributed by atoms with Crippen molar-refractivity contribution in [2.24, 2.45) is 0 Å². The summed E-state index contributed by atoms with van der Waals surface area (Å²) in [6.07, 6.45) is 3.76.